The summed E-state index contributed by atoms with van der Waals surface area (Å²) in [7, 11) is 0. The molecular formula is C27H32N2O3. The lowest BCUT2D eigenvalue weighted by Crippen LogP contribution is -2.46. The van der Waals surface area contributed by atoms with Crippen molar-refractivity contribution in [2.45, 2.75) is 45.7 Å². The number of furan rings is 1. The molecule has 0 aliphatic heterocycles. The molecule has 0 N–H and O–H groups in total. The molecule has 3 aromatic rings. The third kappa shape index (κ3) is 7.12. The average Bonchev–Trinajstić information content (AvgIpc) is 3.33. The summed E-state index contributed by atoms with van der Waals surface area (Å²) >= 11 is 0. The van der Waals surface area contributed by atoms with Gasteiger partial charge in [-0.15, -0.1) is 0 Å². The van der Waals surface area contributed by atoms with Crippen molar-refractivity contribution in [3.63, 3.8) is 0 Å². The predicted molar refractivity (Wildman–Crippen MR) is 126 cm³/mol. The highest BCUT2D eigenvalue weighted by Gasteiger charge is 2.24. The lowest BCUT2D eigenvalue weighted by atomic mass is 10.1. The molecule has 2 aromatic carbocycles. The normalized spacial score (nSPS) is 10.8. The quantitative estimate of drug-likeness (QED) is 0.441. The highest BCUT2D eigenvalue weighted by Crippen LogP contribution is 2.12. The molecule has 3 rings (SSSR count). The van der Waals surface area contributed by atoms with E-state index in [0.29, 0.717) is 25.9 Å². The summed E-state index contributed by atoms with van der Waals surface area (Å²) in [5.74, 6) is 0.662. The van der Waals surface area contributed by atoms with Gasteiger partial charge in [0.15, 0.2) is 0 Å². The number of benzene rings is 2. The third-order valence-electron chi connectivity index (χ3n) is 5.51. The Morgan fingerprint density at radius 1 is 0.812 bits per heavy atom. The van der Waals surface area contributed by atoms with Gasteiger partial charge in [0.1, 0.15) is 5.76 Å². The molecule has 0 saturated carbocycles. The Kier molecular flexibility index (Phi) is 8.67. The molecule has 5 nitrogen and oxygen atoms in total. The van der Waals surface area contributed by atoms with Crippen LogP contribution in [0.5, 0.6) is 0 Å². The Morgan fingerprint density at radius 2 is 1.44 bits per heavy atom. The second-order valence-electron chi connectivity index (χ2n) is 8.23. The number of amides is 2. The van der Waals surface area contributed by atoms with Gasteiger partial charge in [-0.1, -0.05) is 60.7 Å². The molecule has 0 spiro atoms. The lowest BCUT2D eigenvalue weighted by Gasteiger charge is -2.30. The van der Waals surface area contributed by atoms with Crippen molar-refractivity contribution in [1.82, 2.24) is 9.80 Å². The number of nitrogens with zero attached hydrogens (tertiary/aromatic N) is 2. The fraction of sp³-hybridized carbons (Fsp3) is 0.333. The molecule has 1 aromatic heterocycles. The summed E-state index contributed by atoms with van der Waals surface area (Å²) in [5.41, 5.74) is 2.29. The molecular weight excluding hydrogens is 400 g/mol. The van der Waals surface area contributed by atoms with Crippen LogP contribution in [0.4, 0.5) is 0 Å². The zero-order chi connectivity index (χ0) is 22.8. The van der Waals surface area contributed by atoms with Crippen LogP contribution >= 0.6 is 0 Å². The van der Waals surface area contributed by atoms with Crippen LogP contribution in [0.3, 0.4) is 0 Å². The number of hydrogen-bond acceptors (Lipinski definition) is 3. The number of carbonyl (C=O) groups is 2. The van der Waals surface area contributed by atoms with Crippen molar-refractivity contribution >= 4 is 11.8 Å². The minimum atomic E-state index is -0.0703. The van der Waals surface area contributed by atoms with E-state index in [1.807, 2.05) is 74.5 Å². The summed E-state index contributed by atoms with van der Waals surface area (Å²) in [5, 5.41) is 0. The van der Waals surface area contributed by atoms with Crippen molar-refractivity contribution < 1.29 is 14.0 Å². The molecule has 0 unspecified atom stereocenters. The molecule has 1 heterocycles. The topological polar surface area (TPSA) is 53.8 Å². The van der Waals surface area contributed by atoms with E-state index in [2.05, 4.69) is 12.1 Å². The Bertz CT molecular complexity index is 953. The zero-order valence-electron chi connectivity index (χ0n) is 18.9. The Morgan fingerprint density at radius 3 is 2.00 bits per heavy atom. The standard InChI is InChI=1S/C27H32N2O3/c1-22(2)29(26(30)16-15-23-10-5-3-6-11-23)21-27(31)28(20-25-14-9-19-32-25)18-17-24-12-7-4-8-13-24/h3-14,19,22H,15-18,20-21H2,1-2H3. The summed E-state index contributed by atoms with van der Waals surface area (Å²) in [4.78, 5) is 29.7. The van der Waals surface area contributed by atoms with E-state index in [4.69, 9.17) is 4.42 Å². The second kappa shape index (κ2) is 11.9. The van der Waals surface area contributed by atoms with E-state index in [9.17, 15) is 9.59 Å². The van der Waals surface area contributed by atoms with Crippen LogP contribution in [0, 0.1) is 0 Å². The van der Waals surface area contributed by atoms with Gasteiger partial charge >= 0.3 is 0 Å². The maximum absolute atomic E-state index is 13.3. The molecule has 0 aliphatic rings. The molecule has 32 heavy (non-hydrogen) atoms. The number of rotatable bonds is 11. The SMILES string of the molecule is CC(C)N(CC(=O)N(CCc1ccccc1)Cc1ccco1)C(=O)CCc1ccccc1. The van der Waals surface area contributed by atoms with Gasteiger partial charge in [-0.25, -0.2) is 0 Å². The van der Waals surface area contributed by atoms with Crippen molar-refractivity contribution in [2.75, 3.05) is 13.1 Å². The van der Waals surface area contributed by atoms with Gasteiger partial charge in [-0.3, -0.25) is 9.59 Å². The van der Waals surface area contributed by atoms with E-state index >= 15 is 0 Å². The predicted octanol–water partition coefficient (Wildman–Crippen LogP) is 4.72. The first-order valence-electron chi connectivity index (χ1n) is 11.2. The van der Waals surface area contributed by atoms with Crippen molar-refractivity contribution in [3.8, 4) is 0 Å². The molecule has 0 fully saturated rings. The van der Waals surface area contributed by atoms with Gasteiger partial charge in [0.2, 0.25) is 11.8 Å². The molecule has 0 radical (unpaired) electrons. The average molecular weight is 433 g/mol. The van der Waals surface area contributed by atoms with Gasteiger partial charge in [-0.2, -0.15) is 0 Å². The lowest BCUT2D eigenvalue weighted by molar-refractivity contribution is -0.142. The van der Waals surface area contributed by atoms with E-state index in [1.54, 1.807) is 16.1 Å². The van der Waals surface area contributed by atoms with Crippen molar-refractivity contribution in [3.05, 3.63) is 95.9 Å². The largest absolute Gasteiger partial charge is 0.467 e. The fourth-order valence-electron chi connectivity index (χ4n) is 3.64. The van der Waals surface area contributed by atoms with E-state index in [-0.39, 0.29) is 24.4 Å². The summed E-state index contributed by atoms with van der Waals surface area (Å²) in [6, 6.07) is 23.7. The summed E-state index contributed by atoms with van der Waals surface area (Å²) in [6.45, 7) is 4.93. The Hall–Kier alpha value is -3.34. The number of carbonyl (C=O) groups excluding carboxylic acids is 2. The first-order valence-corrected chi connectivity index (χ1v) is 11.2. The number of aryl methyl sites for hydroxylation is 1. The monoisotopic (exact) mass is 432 g/mol. The molecule has 5 heteroatoms. The van der Waals surface area contributed by atoms with Crippen LogP contribution in [0.15, 0.2) is 83.5 Å². The van der Waals surface area contributed by atoms with Gasteiger partial charge in [0.05, 0.1) is 19.4 Å². The summed E-state index contributed by atoms with van der Waals surface area (Å²) < 4.78 is 5.48. The van der Waals surface area contributed by atoms with Crippen LogP contribution in [-0.2, 0) is 29.0 Å². The van der Waals surface area contributed by atoms with E-state index in [1.165, 1.54) is 5.56 Å². The Balaban J connectivity index is 1.64. The molecule has 0 saturated heterocycles. The number of hydrogen-bond donors (Lipinski definition) is 0. The molecule has 168 valence electrons. The minimum absolute atomic E-state index is 0.00166. The first kappa shape index (κ1) is 23.3. The zero-order valence-corrected chi connectivity index (χ0v) is 18.9. The van der Waals surface area contributed by atoms with Crippen molar-refractivity contribution in [2.24, 2.45) is 0 Å². The Labute approximate surface area is 190 Å². The van der Waals surface area contributed by atoms with Gasteiger partial charge < -0.3 is 14.2 Å². The van der Waals surface area contributed by atoms with Crippen LogP contribution in [0.2, 0.25) is 0 Å². The third-order valence-corrected chi connectivity index (χ3v) is 5.51. The molecule has 0 bridgehead atoms. The molecule has 0 aliphatic carbocycles. The van der Waals surface area contributed by atoms with Crippen LogP contribution < -0.4 is 0 Å². The van der Waals surface area contributed by atoms with Crippen LogP contribution in [0.1, 0.15) is 37.2 Å². The van der Waals surface area contributed by atoms with Gasteiger partial charge in [0, 0.05) is 19.0 Å². The molecule has 2 amide bonds. The summed E-state index contributed by atoms with van der Waals surface area (Å²) in [6.07, 6.45) is 3.42. The highest BCUT2D eigenvalue weighted by molar-refractivity contribution is 5.85. The van der Waals surface area contributed by atoms with Gasteiger partial charge in [0.25, 0.3) is 0 Å². The van der Waals surface area contributed by atoms with Gasteiger partial charge in [-0.05, 0) is 49.9 Å². The van der Waals surface area contributed by atoms with E-state index in [0.717, 1.165) is 17.7 Å². The smallest absolute Gasteiger partial charge is 0.242 e. The molecule has 0 atom stereocenters. The second-order valence-corrected chi connectivity index (χ2v) is 8.23. The first-order chi connectivity index (χ1) is 15.5. The maximum Gasteiger partial charge on any atom is 0.242 e. The van der Waals surface area contributed by atoms with Crippen molar-refractivity contribution in [1.29, 1.82) is 0 Å². The minimum Gasteiger partial charge on any atom is -0.467 e. The van der Waals surface area contributed by atoms with Crippen LogP contribution in [0.25, 0.3) is 0 Å². The van der Waals surface area contributed by atoms with Crippen LogP contribution in [-0.4, -0.2) is 40.7 Å². The highest BCUT2D eigenvalue weighted by atomic mass is 16.3. The maximum atomic E-state index is 13.3. The van der Waals surface area contributed by atoms with E-state index < -0.39 is 0 Å². The fourth-order valence-corrected chi connectivity index (χ4v) is 3.64.